The van der Waals surface area contributed by atoms with Crippen LogP contribution in [0.3, 0.4) is 0 Å². The van der Waals surface area contributed by atoms with E-state index >= 15 is 0 Å². The van der Waals surface area contributed by atoms with Crippen molar-refractivity contribution in [3.8, 4) is 11.6 Å². The summed E-state index contributed by atoms with van der Waals surface area (Å²) in [5, 5.41) is 0. The molecule has 0 saturated heterocycles. The molecular formula is C15H17FN2O2. The van der Waals surface area contributed by atoms with E-state index in [0.717, 1.165) is 5.56 Å². The van der Waals surface area contributed by atoms with Crippen LogP contribution in [-0.4, -0.2) is 18.6 Å². The SMILES string of the molecule is COc1cccc(COc2c(F)cccc2CCN)n1. The van der Waals surface area contributed by atoms with Gasteiger partial charge < -0.3 is 15.2 Å². The highest BCUT2D eigenvalue weighted by atomic mass is 19.1. The number of nitrogens with zero attached hydrogens (tertiary/aromatic N) is 1. The minimum absolute atomic E-state index is 0.176. The number of aromatic nitrogens is 1. The van der Waals surface area contributed by atoms with Crippen LogP contribution in [0.2, 0.25) is 0 Å². The van der Waals surface area contributed by atoms with Crippen LogP contribution in [0.25, 0.3) is 0 Å². The van der Waals surface area contributed by atoms with Crippen LogP contribution in [0.15, 0.2) is 36.4 Å². The molecule has 0 aliphatic carbocycles. The zero-order valence-electron chi connectivity index (χ0n) is 11.3. The lowest BCUT2D eigenvalue weighted by molar-refractivity contribution is 0.280. The van der Waals surface area contributed by atoms with Crippen LogP contribution in [-0.2, 0) is 13.0 Å². The van der Waals surface area contributed by atoms with Gasteiger partial charge in [0.15, 0.2) is 11.6 Å². The summed E-state index contributed by atoms with van der Waals surface area (Å²) in [6, 6.07) is 10.2. The summed E-state index contributed by atoms with van der Waals surface area (Å²) >= 11 is 0. The minimum Gasteiger partial charge on any atom is -0.484 e. The molecule has 0 amide bonds. The number of hydrogen-bond acceptors (Lipinski definition) is 4. The van der Waals surface area contributed by atoms with Gasteiger partial charge in [-0.15, -0.1) is 0 Å². The first-order valence-electron chi connectivity index (χ1n) is 6.34. The Labute approximate surface area is 117 Å². The first kappa shape index (κ1) is 14.3. The molecule has 106 valence electrons. The zero-order valence-corrected chi connectivity index (χ0v) is 11.3. The molecule has 2 N–H and O–H groups in total. The van der Waals surface area contributed by atoms with Crippen molar-refractivity contribution in [1.29, 1.82) is 0 Å². The molecule has 2 rings (SSSR count). The van der Waals surface area contributed by atoms with Gasteiger partial charge in [0.25, 0.3) is 0 Å². The number of rotatable bonds is 6. The molecule has 4 nitrogen and oxygen atoms in total. The van der Waals surface area contributed by atoms with Crippen molar-refractivity contribution in [1.82, 2.24) is 4.98 Å². The van der Waals surface area contributed by atoms with Crippen LogP contribution >= 0.6 is 0 Å². The van der Waals surface area contributed by atoms with Crippen molar-refractivity contribution in [2.45, 2.75) is 13.0 Å². The maximum atomic E-state index is 13.8. The Morgan fingerprint density at radius 3 is 2.75 bits per heavy atom. The van der Waals surface area contributed by atoms with Gasteiger partial charge in [0.1, 0.15) is 6.61 Å². The Morgan fingerprint density at radius 1 is 1.20 bits per heavy atom. The number of hydrogen-bond donors (Lipinski definition) is 1. The molecule has 0 aliphatic heterocycles. The minimum atomic E-state index is -0.390. The first-order valence-corrected chi connectivity index (χ1v) is 6.34. The second-order valence-corrected chi connectivity index (χ2v) is 4.23. The molecule has 0 bridgehead atoms. The lowest BCUT2D eigenvalue weighted by atomic mass is 10.1. The van der Waals surface area contributed by atoms with Crippen molar-refractivity contribution < 1.29 is 13.9 Å². The summed E-state index contributed by atoms with van der Waals surface area (Å²) in [5.74, 6) is 0.350. The van der Waals surface area contributed by atoms with Gasteiger partial charge in [0.2, 0.25) is 5.88 Å². The number of ether oxygens (including phenoxy) is 2. The molecule has 2 aromatic rings. The van der Waals surface area contributed by atoms with Crippen molar-refractivity contribution in [3.63, 3.8) is 0 Å². The zero-order chi connectivity index (χ0) is 14.4. The van der Waals surface area contributed by atoms with Crippen LogP contribution in [0.4, 0.5) is 4.39 Å². The van der Waals surface area contributed by atoms with E-state index in [2.05, 4.69) is 4.98 Å². The first-order chi connectivity index (χ1) is 9.74. The van der Waals surface area contributed by atoms with Gasteiger partial charge in [-0.3, -0.25) is 0 Å². The lowest BCUT2D eigenvalue weighted by Gasteiger charge is -2.12. The van der Waals surface area contributed by atoms with E-state index in [1.807, 2.05) is 12.1 Å². The van der Waals surface area contributed by atoms with Crippen molar-refractivity contribution in [2.75, 3.05) is 13.7 Å². The molecule has 0 aliphatic rings. The number of nitrogens with two attached hydrogens (primary N) is 1. The summed E-state index contributed by atoms with van der Waals surface area (Å²) < 4.78 is 24.4. The van der Waals surface area contributed by atoms with E-state index < -0.39 is 0 Å². The van der Waals surface area contributed by atoms with Crippen molar-refractivity contribution in [2.24, 2.45) is 5.73 Å². The number of pyridine rings is 1. The van der Waals surface area contributed by atoms with E-state index in [-0.39, 0.29) is 18.2 Å². The molecule has 20 heavy (non-hydrogen) atoms. The third-order valence-electron chi connectivity index (χ3n) is 2.82. The quantitative estimate of drug-likeness (QED) is 0.879. The summed E-state index contributed by atoms with van der Waals surface area (Å²) in [6.07, 6.45) is 0.568. The standard InChI is InChI=1S/C15H17FN2O2/c1-19-14-7-3-5-12(18-14)10-20-15-11(8-9-17)4-2-6-13(15)16/h2-7H,8-10,17H2,1H3. The van der Waals surface area contributed by atoms with Gasteiger partial charge in [-0.25, -0.2) is 9.37 Å². The fourth-order valence-corrected chi connectivity index (χ4v) is 1.87. The normalized spacial score (nSPS) is 10.3. The predicted molar refractivity (Wildman–Crippen MR) is 74.3 cm³/mol. The van der Waals surface area contributed by atoms with Crippen LogP contribution in [0.1, 0.15) is 11.3 Å². The number of benzene rings is 1. The highest BCUT2D eigenvalue weighted by Crippen LogP contribution is 2.24. The van der Waals surface area contributed by atoms with Gasteiger partial charge in [-0.1, -0.05) is 18.2 Å². The second-order valence-electron chi connectivity index (χ2n) is 4.23. The topological polar surface area (TPSA) is 57.4 Å². The average molecular weight is 276 g/mol. The van der Waals surface area contributed by atoms with E-state index in [0.29, 0.717) is 24.5 Å². The van der Waals surface area contributed by atoms with Crippen molar-refractivity contribution >= 4 is 0 Å². The van der Waals surface area contributed by atoms with Crippen LogP contribution < -0.4 is 15.2 Å². The number of methoxy groups -OCH3 is 1. The molecule has 0 radical (unpaired) electrons. The fourth-order valence-electron chi connectivity index (χ4n) is 1.87. The second kappa shape index (κ2) is 6.86. The van der Waals surface area contributed by atoms with Crippen molar-refractivity contribution in [3.05, 3.63) is 53.5 Å². The summed E-state index contributed by atoms with van der Waals surface area (Å²) in [4.78, 5) is 4.22. The molecule has 0 saturated carbocycles. The smallest absolute Gasteiger partial charge is 0.213 e. The molecule has 5 heteroatoms. The monoisotopic (exact) mass is 276 g/mol. The van der Waals surface area contributed by atoms with Gasteiger partial charge in [-0.2, -0.15) is 0 Å². The van der Waals surface area contributed by atoms with Gasteiger partial charge in [0.05, 0.1) is 12.8 Å². The van der Waals surface area contributed by atoms with Gasteiger partial charge in [-0.05, 0) is 30.7 Å². The lowest BCUT2D eigenvalue weighted by Crippen LogP contribution is -2.07. The highest BCUT2D eigenvalue weighted by Gasteiger charge is 2.10. The maximum absolute atomic E-state index is 13.8. The Bertz CT molecular complexity index is 576. The van der Waals surface area contributed by atoms with E-state index in [1.54, 1.807) is 25.3 Å². The summed E-state index contributed by atoms with van der Waals surface area (Å²) in [7, 11) is 1.54. The average Bonchev–Trinajstić information content (AvgIpc) is 2.47. The number of para-hydroxylation sites is 1. The van der Waals surface area contributed by atoms with E-state index in [9.17, 15) is 4.39 Å². The molecule has 1 aromatic carbocycles. The Morgan fingerprint density at radius 2 is 2.00 bits per heavy atom. The molecule has 0 spiro atoms. The van der Waals surface area contributed by atoms with Gasteiger partial charge in [0, 0.05) is 6.07 Å². The van der Waals surface area contributed by atoms with Crippen LogP contribution in [0, 0.1) is 5.82 Å². The van der Waals surface area contributed by atoms with E-state index in [1.165, 1.54) is 6.07 Å². The molecule has 0 atom stereocenters. The van der Waals surface area contributed by atoms with Gasteiger partial charge >= 0.3 is 0 Å². The molecular weight excluding hydrogens is 259 g/mol. The highest BCUT2D eigenvalue weighted by molar-refractivity contribution is 5.35. The Kier molecular flexibility index (Phi) is 4.90. The molecule has 1 aromatic heterocycles. The Balaban J connectivity index is 2.13. The Hall–Kier alpha value is -2.14. The molecule has 1 heterocycles. The molecule has 0 fully saturated rings. The maximum Gasteiger partial charge on any atom is 0.213 e. The van der Waals surface area contributed by atoms with E-state index in [4.69, 9.17) is 15.2 Å². The summed E-state index contributed by atoms with van der Waals surface area (Å²) in [6.45, 7) is 0.618. The van der Waals surface area contributed by atoms with Crippen LogP contribution in [0.5, 0.6) is 11.6 Å². The third-order valence-corrected chi connectivity index (χ3v) is 2.82. The number of halogens is 1. The fraction of sp³-hybridized carbons (Fsp3) is 0.267. The predicted octanol–water partition coefficient (Wildman–Crippen LogP) is 2.31. The molecule has 0 unspecified atom stereocenters. The largest absolute Gasteiger partial charge is 0.484 e. The third kappa shape index (κ3) is 3.45. The summed E-state index contributed by atoms with van der Waals surface area (Å²) in [5.41, 5.74) is 6.95.